The lowest BCUT2D eigenvalue weighted by Crippen LogP contribution is -2.29. The van der Waals surface area contributed by atoms with E-state index in [4.69, 9.17) is 66.1 Å². The Morgan fingerprint density at radius 3 is 0.689 bits per heavy atom. The molecule has 0 radical (unpaired) electrons. The Morgan fingerprint density at radius 2 is 0.600 bits per heavy atom. The third kappa shape index (κ3) is 46.9. The van der Waals surface area contributed by atoms with Gasteiger partial charge in [0.15, 0.2) is 0 Å². The zero-order valence-electron chi connectivity index (χ0n) is 20.9. The van der Waals surface area contributed by atoms with Crippen molar-refractivity contribution < 1.29 is 125 Å². The molecule has 0 aliphatic carbocycles. The molecule has 0 aliphatic heterocycles. The average molecular weight is 716 g/mol. The van der Waals surface area contributed by atoms with E-state index in [-0.39, 0.29) is 0 Å². The Hall–Kier alpha value is -4.31. The molecule has 0 saturated heterocycles. The van der Waals surface area contributed by atoms with Gasteiger partial charge < -0.3 is 42.1 Å². The first kappa shape index (κ1) is 53.3. The summed E-state index contributed by atoms with van der Waals surface area (Å²) in [5.41, 5.74) is 10.4. The number of carbonyl (C=O) groups is 6. The van der Waals surface area contributed by atoms with Crippen LogP contribution in [0.2, 0.25) is 0 Å². The fourth-order valence-electron chi connectivity index (χ4n) is 0.632. The van der Waals surface area contributed by atoms with Crippen LogP contribution in [0, 0.1) is 0 Å². The van der Waals surface area contributed by atoms with Gasteiger partial charge in [-0.15, -0.1) is 0 Å². The number of unbranched alkanes of at least 4 members (excludes halogenated alkanes) is 1. The maximum atomic E-state index is 10.6. The second kappa shape index (κ2) is 23.1. The smallest absolute Gasteiger partial charge is 0.480 e. The third-order valence-corrected chi connectivity index (χ3v) is 2.50. The highest BCUT2D eigenvalue weighted by Gasteiger charge is 2.40. The van der Waals surface area contributed by atoms with Crippen LogP contribution in [-0.4, -0.2) is 110 Å². The first-order valence-corrected chi connectivity index (χ1v) is 9.59. The van der Waals surface area contributed by atoms with Crippen molar-refractivity contribution in [2.45, 2.75) is 56.2 Å². The van der Waals surface area contributed by atoms with Crippen molar-refractivity contribution in [3.63, 3.8) is 0 Å². The predicted octanol–water partition coefficient (Wildman–Crippen LogP) is 2.69. The van der Waals surface area contributed by atoms with Gasteiger partial charge in [-0.3, -0.25) is 4.79 Å². The molecule has 1 atom stereocenters. The van der Waals surface area contributed by atoms with Gasteiger partial charge in [0.2, 0.25) is 0 Å². The number of hydrogen-bond acceptors (Lipinski definition) is 8. The Morgan fingerprint density at radius 1 is 0.444 bits per heavy atom. The van der Waals surface area contributed by atoms with Crippen LogP contribution in [0.1, 0.15) is 19.3 Å². The van der Waals surface area contributed by atoms with Gasteiger partial charge in [0.05, 0.1) is 0 Å². The van der Waals surface area contributed by atoms with E-state index in [1.165, 1.54) is 0 Å². The van der Waals surface area contributed by atoms with E-state index in [2.05, 4.69) is 0 Å². The van der Waals surface area contributed by atoms with E-state index >= 15 is 0 Å². The van der Waals surface area contributed by atoms with Crippen LogP contribution in [-0.2, 0) is 28.8 Å². The zero-order valence-corrected chi connectivity index (χ0v) is 20.9. The van der Waals surface area contributed by atoms with E-state index in [9.17, 15) is 70.7 Å². The normalized spacial score (nSPS) is 11.7. The zero-order chi connectivity index (χ0) is 38.4. The average Bonchev–Trinajstić information content (AvgIpc) is 2.78. The molecule has 10 N–H and O–H groups in total. The fraction of sp³-hybridized carbons (Fsp3) is 0.625. The molecular formula is C16H19F15N2O12. The topological polar surface area (TPSA) is 276 Å². The first-order valence-electron chi connectivity index (χ1n) is 9.59. The molecule has 0 aliphatic rings. The molecule has 0 bridgehead atoms. The number of carboxylic acids is 6. The minimum absolute atomic E-state index is 0.520. The van der Waals surface area contributed by atoms with Crippen molar-refractivity contribution in [2.75, 3.05) is 6.54 Å². The monoisotopic (exact) mass is 716 g/mol. The van der Waals surface area contributed by atoms with Crippen LogP contribution in [0.4, 0.5) is 65.9 Å². The highest BCUT2D eigenvalue weighted by Crippen LogP contribution is 2.15. The van der Waals surface area contributed by atoms with E-state index in [0.717, 1.165) is 12.8 Å². The predicted molar refractivity (Wildman–Crippen MR) is 107 cm³/mol. The van der Waals surface area contributed by atoms with Crippen molar-refractivity contribution in [2.24, 2.45) is 11.5 Å². The lowest BCUT2D eigenvalue weighted by Gasteiger charge is -2.03. The van der Waals surface area contributed by atoms with Gasteiger partial charge in [0, 0.05) is 0 Å². The first-order chi connectivity index (χ1) is 19.4. The summed E-state index contributed by atoms with van der Waals surface area (Å²) in [6.45, 7) is 0.604. The van der Waals surface area contributed by atoms with Gasteiger partial charge in [0.25, 0.3) is 0 Å². The molecule has 0 aromatic carbocycles. The lowest BCUT2D eigenvalue weighted by molar-refractivity contribution is -0.193. The molecule has 0 unspecified atom stereocenters. The minimum Gasteiger partial charge on any atom is -0.480 e. The van der Waals surface area contributed by atoms with Gasteiger partial charge in [-0.1, -0.05) is 6.42 Å². The summed E-state index contributed by atoms with van der Waals surface area (Å²) in [5.74, 6) is -14.7. The van der Waals surface area contributed by atoms with Crippen LogP contribution in [0.5, 0.6) is 0 Å². The summed E-state index contributed by atoms with van der Waals surface area (Å²) in [7, 11) is 0. The van der Waals surface area contributed by atoms with Crippen molar-refractivity contribution in [3.05, 3.63) is 0 Å². The summed E-state index contributed by atoms with van der Waals surface area (Å²) in [6.07, 6.45) is -23.3. The van der Waals surface area contributed by atoms with Gasteiger partial charge in [-0.25, -0.2) is 24.0 Å². The molecule has 14 nitrogen and oxygen atoms in total. The van der Waals surface area contributed by atoms with Crippen LogP contribution >= 0.6 is 0 Å². The summed E-state index contributed by atoms with van der Waals surface area (Å²) in [5, 5.41) is 44.0. The van der Waals surface area contributed by atoms with Gasteiger partial charge in [0.1, 0.15) is 6.04 Å². The summed E-state index contributed by atoms with van der Waals surface area (Å²) in [6, 6.07) is -0.716. The second-order valence-corrected chi connectivity index (χ2v) is 6.24. The molecular weight excluding hydrogens is 697 g/mol. The number of alkyl halides is 15. The molecule has 0 amide bonds. The van der Waals surface area contributed by atoms with Crippen molar-refractivity contribution in [1.29, 1.82) is 0 Å². The molecule has 29 heteroatoms. The minimum atomic E-state index is -5.08. The highest BCUT2D eigenvalue weighted by molar-refractivity contribution is 5.74. The van der Waals surface area contributed by atoms with Crippen molar-refractivity contribution in [1.82, 2.24) is 0 Å². The Bertz CT molecular complexity index is 772. The van der Waals surface area contributed by atoms with Crippen LogP contribution in [0.3, 0.4) is 0 Å². The number of halogens is 15. The molecule has 0 fully saturated rings. The Labute approximate surface area is 236 Å². The van der Waals surface area contributed by atoms with E-state index in [0.29, 0.717) is 13.0 Å². The summed E-state index contributed by atoms with van der Waals surface area (Å²) < 4.78 is 159. The van der Waals surface area contributed by atoms with E-state index in [1.807, 2.05) is 0 Å². The number of rotatable bonds is 5. The van der Waals surface area contributed by atoms with Gasteiger partial charge >= 0.3 is 66.7 Å². The number of aliphatic carboxylic acids is 6. The SMILES string of the molecule is NCCCC[C@H](N)C(=O)O.O=C(O)C(F)(F)F.O=C(O)C(F)(F)F.O=C(O)C(F)(F)F.O=C(O)C(F)(F)F.O=C(O)C(F)(F)F. The van der Waals surface area contributed by atoms with E-state index < -0.39 is 72.7 Å². The summed E-state index contributed by atoms with van der Waals surface area (Å²) >= 11 is 0. The maximum Gasteiger partial charge on any atom is 0.490 e. The number of hydrogen-bond donors (Lipinski definition) is 8. The van der Waals surface area contributed by atoms with Gasteiger partial charge in [-0.05, 0) is 19.4 Å². The standard InChI is InChI=1S/C6H14N2O2.5C2HF3O2/c7-4-2-1-3-5(8)6(9)10;5*3-2(4,5)1(6)7/h5H,1-4,7-8H2,(H,9,10);5*(H,6,7)/t5-;;;;;/m0...../s1. The van der Waals surface area contributed by atoms with E-state index in [1.54, 1.807) is 0 Å². The van der Waals surface area contributed by atoms with Crippen LogP contribution in [0.25, 0.3) is 0 Å². The largest absolute Gasteiger partial charge is 0.490 e. The molecule has 0 heterocycles. The van der Waals surface area contributed by atoms with Crippen LogP contribution in [0.15, 0.2) is 0 Å². The lowest BCUT2D eigenvalue weighted by atomic mass is 10.1. The number of nitrogens with two attached hydrogens (primary N) is 2. The second-order valence-electron chi connectivity index (χ2n) is 6.24. The molecule has 0 spiro atoms. The Balaban J connectivity index is -0.000000102. The molecule has 45 heavy (non-hydrogen) atoms. The Kier molecular flexibility index (Phi) is 27.4. The molecule has 0 saturated carbocycles. The van der Waals surface area contributed by atoms with Gasteiger partial charge in [-0.2, -0.15) is 65.9 Å². The van der Waals surface area contributed by atoms with Crippen LogP contribution < -0.4 is 11.5 Å². The maximum absolute atomic E-state index is 10.6. The molecule has 270 valence electrons. The molecule has 0 rings (SSSR count). The van der Waals surface area contributed by atoms with Crippen molar-refractivity contribution >= 4 is 35.8 Å². The molecule has 0 aromatic heterocycles. The molecule has 0 aromatic rings. The third-order valence-electron chi connectivity index (χ3n) is 2.50. The highest BCUT2D eigenvalue weighted by atomic mass is 19.4. The summed E-state index contributed by atoms with van der Waals surface area (Å²) in [4.78, 5) is 54.6. The number of carboxylic acid groups (broad SMARTS) is 6. The fourth-order valence-corrected chi connectivity index (χ4v) is 0.632. The quantitative estimate of drug-likeness (QED) is 0.150. The van der Waals surface area contributed by atoms with Crippen molar-refractivity contribution in [3.8, 4) is 0 Å².